The van der Waals surface area contributed by atoms with E-state index >= 15 is 0 Å². The van der Waals surface area contributed by atoms with Crippen molar-refractivity contribution < 1.29 is 49.4 Å². The summed E-state index contributed by atoms with van der Waals surface area (Å²) in [7, 11) is 1.36. The van der Waals surface area contributed by atoms with E-state index in [1.165, 1.54) is 51.3 Å². The molecule has 250 valence electrons. The first-order valence-electron chi connectivity index (χ1n) is 15.6. The van der Waals surface area contributed by atoms with Gasteiger partial charge in [-0.1, -0.05) is 56.0 Å². The normalized spacial score (nSPS) is 32.9. The van der Waals surface area contributed by atoms with Gasteiger partial charge in [0, 0.05) is 24.3 Å². The van der Waals surface area contributed by atoms with Crippen molar-refractivity contribution in [1.29, 1.82) is 0 Å². The molecular formula is C37H42O10. The topological polar surface area (TPSA) is 171 Å². The second kappa shape index (κ2) is 11.8. The number of carbonyl (C=O) groups excluding carboxylic acids is 2. The number of hydrogen-bond acceptors (Lipinski definition) is 9. The third kappa shape index (κ3) is 5.28. The average molecular weight is 647 g/mol. The summed E-state index contributed by atoms with van der Waals surface area (Å²) in [5.41, 5.74) is -6.98. The predicted octanol–water partition coefficient (Wildman–Crippen LogP) is 3.80. The number of phenols is 1. The molecule has 8 atom stereocenters. The third-order valence-corrected chi connectivity index (χ3v) is 10.7. The Kier molecular flexibility index (Phi) is 8.54. The van der Waals surface area contributed by atoms with Crippen LogP contribution in [0, 0.1) is 17.8 Å². The van der Waals surface area contributed by atoms with Crippen LogP contribution in [0.4, 0.5) is 0 Å². The summed E-state index contributed by atoms with van der Waals surface area (Å²) in [5.74, 6) is -6.26. The standard InChI is InChI=1S/C37H42O10/c1-20(2)35(43)18-22(4)37(45)28(32(35)47-30(39)13-23-10-8-7-9-11-23)16-25(19-36(44)29(37)12-21(3)31(36)40)34(5,33(41)42)24-14-26(38)17-27(15-24)46-6/h7-12,14-17,22,28-29,32,38,43-45H,1,13,18-19H2,2-6H3,(H,41,42)/t22-,28+,29-,32-,34?,35-,36-,37-/m1/s1. The van der Waals surface area contributed by atoms with Gasteiger partial charge in [-0.15, -0.1) is 0 Å². The number of ketones is 1. The molecule has 2 aromatic carbocycles. The van der Waals surface area contributed by atoms with Crippen LogP contribution in [0.1, 0.15) is 51.7 Å². The summed E-state index contributed by atoms with van der Waals surface area (Å²) in [6, 6.07) is 12.8. The van der Waals surface area contributed by atoms with Gasteiger partial charge in [0.1, 0.15) is 34.2 Å². The van der Waals surface area contributed by atoms with Gasteiger partial charge in [-0.05, 0) is 73.1 Å². The number of phenolic OH excluding ortho intramolecular Hbond substituents is 1. The zero-order valence-corrected chi connectivity index (χ0v) is 27.2. The number of esters is 1. The quantitative estimate of drug-likeness (QED) is 0.210. The van der Waals surface area contributed by atoms with Crippen LogP contribution in [0.15, 0.2) is 84.0 Å². The van der Waals surface area contributed by atoms with Crippen molar-refractivity contribution in [2.45, 2.75) is 75.3 Å². The Bertz CT molecular complexity index is 1690. The van der Waals surface area contributed by atoms with Gasteiger partial charge in [0.25, 0.3) is 0 Å². The van der Waals surface area contributed by atoms with E-state index in [0.29, 0.717) is 5.56 Å². The van der Waals surface area contributed by atoms with Gasteiger partial charge in [0.2, 0.25) is 0 Å². The van der Waals surface area contributed by atoms with Crippen LogP contribution in [-0.2, 0) is 31.0 Å². The zero-order valence-electron chi connectivity index (χ0n) is 27.2. The third-order valence-electron chi connectivity index (χ3n) is 10.7. The molecular weight excluding hydrogens is 604 g/mol. The van der Waals surface area contributed by atoms with Gasteiger partial charge in [-0.2, -0.15) is 0 Å². The summed E-state index contributed by atoms with van der Waals surface area (Å²) in [6.07, 6.45) is 0.646. The molecule has 10 heteroatoms. The highest BCUT2D eigenvalue weighted by atomic mass is 16.6. The van der Waals surface area contributed by atoms with Crippen LogP contribution >= 0.6 is 0 Å². The predicted molar refractivity (Wildman–Crippen MR) is 172 cm³/mol. The van der Waals surface area contributed by atoms with Crippen molar-refractivity contribution >= 4 is 17.7 Å². The molecule has 0 aliphatic heterocycles. The molecule has 3 aliphatic carbocycles. The number of Topliss-reactive ketones (excluding diaryl/α,β-unsaturated/α-hetero) is 1. The highest BCUT2D eigenvalue weighted by Gasteiger charge is 2.69. The van der Waals surface area contributed by atoms with Gasteiger partial charge < -0.3 is 35.0 Å². The van der Waals surface area contributed by atoms with E-state index in [1.807, 2.05) is 0 Å². The fourth-order valence-electron chi connectivity index (χ4n) is 7.88. The first kappa shape index (κ1) is 34.1. The van der Waals surface area contributed by atoms with E-state index in [2.05, 4.69) is 6.58 Å². The first-order chi connectivity index (χ1) is 21.9. The van der Waals surface area contributed by atoms with Gasteiger partial charge in [0.05, 0.1) is 19.1 Å². The molecule has 1 fully saturated rings. The van der Waals surface area contributed by atoms with E-state index < -0.39 is 70.2 Å². The minimum atomic E-state index is -2.28. The summed E-state index contributed by atoms with van der Waals surface area (Å²) in [6.45, 7) is 10.1. The molecule has 0 aromatic heterocycles. The largest absolute Gasteiger partial charge is 0.508 e. The number of carboxylic acids is 1. The Labute approximate surface area is 273 Å². The molecule has 47 heavy (non-hydrogen) atoms. The maximum absolute atomic E-state index is 13.8. The molecule has 2 aromatic rings. The van der Waals surface area contributed by atoms with Crippen LogP contribution < -0.4 is 4.74 Å². The second-order valence-electron chi connectivity index (χ2n) is 13.6. The van der Waals surface area contributed by atoms with Crippen molar-refractivity contribution in [3.8, 4) is 11.5 Å². The van der Waals surface area contributed by atoms with Crippen molar-refractivity contribution in [3.63, 3.8) is 0 Å². The van der Waals surface area contributed by atoms with Crippen LogP contribution in [-0.4, -0.2) is 73.3 Å². The van der Waals surface area contributed by atoms with Crippen molar-refractivity contribution in [2.75, 3.05) is 7.11 Å². The van der Waals surface area contributed by atoms with Crippen LogP contribution in [0.3, 0.4) is 0 Å². The monoisotopic (exact) mass is 646 g/mol. The molecule has 0 bridgehead atoms. The molecule has 0 saturated heterocycles. The van der Waals surface area contributed by atoms with E-state index in [1.54, 1.807) is 44.2 Å². The van der Waals surface area contributed by atoms with E-state index in [-0.39, 0.29) is 46.6 Å². The number of aliphatic carboxylic acids is 1. The molecule has 1 unspecified atom stereocenters. The highest BCUT2D eigenvalue weighted by Crippen LogP contribution is 2.59. The SMILES string of the molecule is C=C(C)[C@]1(O)C[C@@H](C)[C@@]2(O)[C@@H](C=C(C(C)(C(=O)O)c3cc(O)cc(OC)c3)C[C@]3(O)C(=O)C(C)=C[C@@H]23)[C@H]1OC(=O)Cc1ccccc1. The number of benzene rings is 2. The van der Waals surface area contributed by atoms with Crippen LogP contribution in [0.25, 0.3) is 0 Å². The van der Waals surface area contributed by atoms with Crippen molar-refractivity contribution in [2.24, 2.45) is 17.8 Å². The van der Waals surface area contributed by atoms with Gasteiger partial charge in [-0.25, -0.2) is 0 Å². The molecule has 10 nitrogen and oxygen atoms in total. The maximum atomic E-state index is 13.8. The summed E-state index contributed by atoms with van der Waals surface area (Å²) < 4.78 is 11.4. The summed E-state index contributed by atoms with van der Waals surface area (Å²) in [5, 5.41) is 58.8. The number of fused-ring (bicyclic) bond motifs is 3. The number of carbonyl (C=O) groups is 3. The van der Waals surface area contributed by atoms with Crippen LogP contribution in [0.5, 0.6) is 11.5 Å². The maximum Gasteiger partial charge on any atom is 0.318 e. The molecule has 0 spiro atoms. The minimum absolute atomic E-state index is 0.00445. The Morgan fingerprint density at radius 1 is 1.09 bits per heavy atom. The Hall–Kier alpha value is -4.25. The lowest BCUT2D eigenvalue weighted by molar-refractivity contribution is -0.232. The van der Waals surface area contributed by atoms with Gasteiger partial charge in [-0.3, -0.25) is 14.4 Å². The van der Waals surface area contributed by atoms with Gasteiger partial charge >= 0.3 is 11.9 Å². The number of hydrogen-bond donors (Lipinski definition) is 5. The number of rotatable bonds is 8. The van der Waals surface area contributed by atoms with Crippen molar-refractivity contribution in [1.82, 2.24) is 0 Å². The van der Waals surface area contributed by atoms with Crippen LogP contribution in [0.2, 0.25) is 0 Å². The summed E-state index contributed by atoms with van der Waals surface area (Å²) in [4.78, 5) is 40.6. The fourth-order valence-corrected chi connectivity index (χ4v) is 7.88. The first-order valence-corrected chi connectivity index (χ1v) is 15.6. The lowest BCUT2D eigenvalue weighted by Gasteiger charge is -2.56. The second-order valence-corrected chi connectivity index (χ2v) is 13.6. The smallest absolute Gasteiger partial charge is 0.318 e. The molecule has 1 saturated carbocycles. The Balaban J connectivity index is 1.78. The van der Waals surface area contributed by atoms with E-state index in [4.69, 9.17) is 9.47 Å². The molecule has 5 rings (SSSR count). The molecule has 0 heterocycles. The summed E-state index contributed by atoms with van der Waals surface area (Å²) >= 11 is 0. The van der Waals surface area contributed by atoms with E-state index in [9.17, 15) is 39.9 Å². The average Bonchev–Trinajstić information content (AvgIpc) is 3.17. The number of aliphatic hydroxyl groups is 3. The zero-order chi connectivity index (χ0) is 34.7. The lowest BCUT2D eigenvalue weighted by Crippen LogP contribution is -2.68. The number of carboxylic acid groups (broad SMARTS) is 1. The van der Waals surface area contributed by atoms with Crippen molar-refractivity contribution in [3.05, 3.63) is 95.1 Å². The highest BCUT2D eigenvalue weighted by molar-refractivity contribution is 6.05. The minimum Gasteiger partial charge on any atom is -0.508 e. The number of methoxy groups -OCH3 is 1. The van der Waals surface area contributed by atoms with Gasteiger partial charge in [0.15, 0.2) is 5.78 Å². The lowest BCUT2D eigenvalue weighted by atomic mass is 9.55. The number of ether oxygens (including phenoxy) is 2. The Morgan fingerprint density at radius 3 is 2.34 bits per heavy atom. The molecule has 0 amide bonds. The Morgan fingerprint density at radius 2 is 1.74 bits per heavy atom. The number of aromatic hydroxyl groups is 1. The molecule has 0 radical (unpaired) electrons. The molecule has 3 aliphatic rings. The van der Waals surface area contributed by atoms with E-state index in [0.717, 1.165) is 0 Å². The fraction of sp³-hybridized carbons (Fsp3) is 0.432. The molecule has 5 N–H and O–H groups in total.